The molecule has 1 aliphatic heterocycles. The molecule has 1 heterocycles. The molecule has 0 radical (unpaired) electrons. The van der Waals surface area contributed by atoms with Crippen LogP contribution < -0.4 is 140 Å². The van der Waals surface area contributed by atoms with E-state index < -0.39 is 363 Å². The molecule has 0 aromatic carbocycles. The van der Waals surface area contributed by atoms with E-state index in [0.29, 0.717) is 0 Å². The van der Waals surface area contributed by atoms with Crippen molar-refractivity contribution < 1.29 is 156 Å². The lowest BCUT2D eigenvalue weighted by Gasteiger charge is -2.31. The second-order valence-electron chi connectivity index (χ2n) is 38.5. The summed E-state index contributed by atoms with van der Waals surface area (Å²) in [5.41, 5.74) is 26.7. The first-order valence-electron chi connectivity index (χ1n) is 49.0. The van der Waals surface area contributed by atoms with Gasteiger partial charge in [0.25, 0.3) is 0 Å². The number of urea groups is 3. The molecule has 0 unspecified atom stereocenters. The molecular formula is C90H157N27O32. The van der Waals surface area contributed by atoms with E-state index in [0.717, 1.165) is 4.90 Å². The largest absolute Gasteiger partial charge is 0.481 e. The van der Waals surface area contributed by atoms with E-state index in [-0.39, 0.29) is 96.8 Å². The zero-order chi connectivity index (χ0) is 114. The van der Waals surface area contributed by atoms with Gasteiger partial charge in [0.2, 0.25) is 118 Å². The number of nitrogens with zero attached hydrogens (tertiary/aromatic N) is 1. The lowest BCUT2D eigenvalue weighted by atomic mass is 9.98. The third kappa shape index (κ3) is 49.5. The Morgan fingerprint density at radius 1 is 0.309 bits per heavy atom. The number of aliphatic hydroxyl groups is 5. The molecule has 59 heteroatoms. The maximum absolute atomic E-state index is 14.6. The fraction of sp³-hybridized carbons (Fsp3) is 0.722. The quantitative estimate of drug-likeness (QED) is 0.0251. The highest BCUT2D eigenvalue weighted by molar-refractivity contribution is 6.03. The van der Waals surface area contributed by atoms with E-state index in [4.69, 9.17) is 28.7 Å². The highest BCUT2D eigenvalue weighted by atomic mass is 16.4. The van der Waals surface area contributed by atoms with E-state index in [9.17, 15) is 156 Å². The van der Waals surface area contributed by atoms with Crippen molar-refractivity contribution in [1.82, 2.24) is 117 Å². The van der Waals surface area contributed by atoms with Gasteiger partial charge in [-0.3, -0.25) is 101 Å². The van der Waals surface area contributed by atoms with Crippen molar-refractivity contribution in [2.24, 2.45) is 70.1 Å². The minimum absolute atomic E-state index is 0.00566. The first kappa shape index (κ1) is 133. The summed E-state index contributed by atoms with van der Waals surface area (Å²) in [6, 6.07) is -33.9. The second kappa shape index (κ2) is 67.7. The first-order chi connectivity index (χ1) is 69.6. The summed E-state index contributed by atoms with van der Waals surface area (Å²) in [7, 11) is 0. The fourth-order valence-electron chi connectivity index (χ4n) is 14.8. The van der Waals surface area contributed by atoms with E-state index in [1.54, 1.807) is 41.5 Å². The molecule has 1 fully saturated rings. The van der Waals surface area contributed by atoms with Gasteiger partial charge in [0.15, 0.2) is 0 Å². The van der Waals surface area contributed by atoms with Gasteiger partial charge >= 0.3 is 30.0 Å². The Morgan fingerprint density at radius 3 is 0.926 bits per heavy atom. The molecule has 59 nitrogen and oxygen atoms in total. The number of carboxylic acid groups (broad SMARTS) is 2. The summed E-state index contributed by atoms with van der Waals surface area (Å²) in [6.07, 6.45) is -3.77. The highest BCUT2D eigenvalue weighted by Crippen LogP contribution is 2.22. The number of primary amides is 4. The number of nitrogens with one attached hydrogen (secondary N) is 21. The molecule has 26 amide bonds. The summed E-state index contributed by atoms with van der Waals surface area (Å²) >= 11 is 0. The van der Waals surface area contributed by atoms with Crippen molar-refractivity contribution in [3.63, 3.8) is 0 Å². The van der Waals surface area contributed by atoms with Crippen LogP contribution in [0.5, 0.6) is 0 Å². The molecule has 1 saturated heterocycles. The van der Waals surface area contributed by atoms with Crippen molar-refractivity contribution in [2.45, 2.75) is 309 Å². The van der Waals surface area contributed by atoms with Crippen LogP contribution in [0.1, 0.15) is 194 Å². The third-order valence-corrected chi connectivity index (χ3v) is 22.9. The topological polar surface area (TPSA) is 954 Å². The van der Waals surface area contributed by atoms with E-state index in [1.807, 2.05) is 0 Å². The summed E-state index contributed by atoms with van der Waals surface area (Å²) in [5, 5.41) is 119. The van der Waals surface area contributed by atoms with Gasteiger partial charge in [-0.1, -0.05) is 96.9 Å². The number of aliphatic carboxylic acids is 2. The number of rotatable bonds is 70. The summed E-state index contributed by atoms with van der Waals surface area (Å²) < 4.78 is 0. The van der Waals surface area contributed by atoms with Crippen LogP contribution in [0.25, 0.3) is 0 Å². The van der Waals surface area contributed by atoms with Gasteiger partial charge in [0.1, 0.15) is 115 Å². The molecule has 0 bridgehead atoms. The Morgan fingerprint density at radius 2 is 0.597 bits per heavy atom. The van der Waals surface area contributed by atoms with E-state index >= 15 is 0 Å². The van der Waals surface area contributed by atoms with Gasteiger partial charge in [0, 0.05) is 32.6 Å². The van der Waals surface area contributed by atoms with Crippen LogP contribution in [0.3, 0.4) is 0 Å². The van der Waals surface area contributed by atoms with Crippen LogP contribution in [-0.4, -0.2) is 369 Å². The number of amides is 26. The Bertz CT molecular complexity index is 4560. The molecule has 0 aromatic heterocycles. The number of nitrogens with two attached hydrogens (primary N) is 5. The van der Waals surface area contributed by atoms with Crippen molar-refractivity contribution in [1.29, 1.82) is 0 Å². The summed E-state index contributed by atoms with van der Waals surface area (Å²) in [6.45, 7) is 16.4. The van der Waals surface area contributed by atoms with Crippen LogP contribution >= 0.6 is 0 Å². The minimum atomic E-state index is -2.06. The number of hydrogen-bond acceptors (Lipinski definition) is 31. The second-order valence-corrected chi connectivity index (χ2v) is 38.5. The van der Waals surface area contributed by atoms with Crippen LogP contribution in [0.2, 0.25) is 0 Å². The van der Waals surface area contributed by atoms with E-state index in [2.05, 4.69) is 112 Å². The number of hydrogen-bond donors (Lipinski definition) is 33. The van der Waals surface area contributed by atoms with Gasteiger partial charge in [-0.05, 0) is 125 Å². The highest BCUT2D eigenvalue weighted by Gasteiger charge is 2.44. The first-order valence-corrected chi connectivity index (χ1v) is 49.0. The predicted molar refractivity (Wildman–Crippen MR) is 526 cm³/mol. The molecule has 1 rings (SSSR count). The molecule has 0 aliphatic carbocycles. The zero-order valence-corrected chi connectivity index (χ0v) is 86.7. The summed E-state index contributed by atoms with van der Waals surface area (Å²) in [4.78, 5) is 338. The van der Waals surface area contributed by atoms with Crippen molar-refractivity contribution in [3.8, 4) is 0 Å². The van der Waals surface area contributed by atoms with Crippen molar-refractivity contribution in [2.75, 3.05) is 65.8 Å². The maximum atomic E-state index is 14.6. The van der Waals surface area contributed by atoms with Gasteiger partial charge in [-0.15, -0.1) is 0 Å². The molecule has 0 aromatic rings. The minimum Gasteiger partial charge on any atom is -0.481 e. The molecule has 1 aliphatic rings. The third-order valence-electron chi connectivity index (χ3n) is 22.9. The standard InChI is InChI=1S/C90H157N27O32/c1-40(2)30-53(105-72(130)51(22-18-28-98-90(95)149)104-85(143)66(44(9)10)114-69(127)47(15)100-79(137)57(36-119)109-70(128)48(91)35-118)75(133)101-49(20-16-26-96-88(93)147)73(131)110-58(37-120)80(138)112-59(38-121)81(139)115-67(45(11)12)86(144)117-29-19-23-61(117)83(141)99-34-63(124)113-65(43(7)8)84(142)103-50(21-17-27-97-89(94)148)71(129)106-55(32-42(5)6)77(135)107-54(31-41(3)4)76(134)102-52(24-25-62(92)123)74(132)108-56(33-64(125)126)78(136)111-60(39-122)82(140)116-68(46(13)14)87(145)146/h40-61,65-68,118-122H,16-39,91H2,1-15H3,(H2,92,123)(H,99,141)(H,100,137)(H,101,133)(H,102,134)(H,103,142)(H,104,143)(H,105,130)(H,106,129)(H,107,135)(H,108,132)(H,109,128)(H,110,131)(H,111,136)(H,112,138)(H,113,124)(H,114,127)(H,115,139)(H,116,140)(H,125,126)(H,145,146)(H3,93,96,147)(H3,94,97,148)(H3,95,98,149)/t47-,48-,49-,50-,51-,52-,53-,54-,55-,56-,57-,58-,59-,60-,61-,65-,66-,67-,68-/m0/s1. The molecule has 0 spiro atoms. The maximum Gasteiger partial charge on any atom is 0.326 e. The van der Waals surface area contributed by atoms with Crippen LogP contribution in [-0.2, 0) is 105 Å². The Balaban J connectivity index is 3.57. The van der Waals surface area contributed by atoms with Gasteiger partial charge < -0.3 is 181 Å². The van der Waals surface area contributed by atoms with Crippen LogP contribution in [0.15, 0.2) is 0 Å². The molecule has 0 saturated carbocycles. The Labute approximate surface area is 861 Å². The number of likely N-dealkylation sites (tertiary alicyclic amines) is 1. The Hall–Kier alpha value is -14.1. The van der Waals surface area contributed by atoms with Crippen LogP contribution in [0.4, 0.5) is 14.4 Å². The van der Waals surface area contributed by atoms with Gasteiger partial charge in [-0.2, -0.15) is 0 Å². The monoisotopic (exact) mass is 2130 g/mol. The number of aliphatic hydroxyl groups excluding tert-OH is 5. The van der Waals surface area contributed by atoms with Crippen molar-refractivity contribution in [3.05, 3.63) is 0 Å². The lowest BCUT2D eigenvalue weighted by molar-refractivity contribution is -0.144. The predicted octanol–water partition coefficient (Wildman–Crippen LogP) is -12.4. The fourth-order valence-corrected chi connectivity index (χ4v) is 14.8. The Kier molecular flexibility index (Phi) is 60.4. The number of carbonyl (C=O) groups is 25. The molecular weight excluding hydrogens is 1970 g/mol. The van der Waals surface area contributed by atoms with Crippen LogP contribution in [0, 0.1) is 41.4 Å². The lowest BCUT2D eigenvalue weighted by Crippen LogP contribution is -2.62. The average Bonchev–Trinajstić information content (AvgIpc) is 1.70. The van der Waals surface area contributed by atoms with Gasteiger partial charge in [-0.25, -0.2) is 19.2 Å². The van der Waals surface area contributed by atoms with Crippen molar-refractivity contribution >= 4 is 148 Å². The SMILES string of the molecule is CC(C)C[C@H](NC(=O)[C@H](CC(C)C)NC(=O)[C@H](CCCNC(N)=O)NC(=O)[C@@H](NC(=O)CNC(=O)[C@@H]1CCCN1C(=O)[C@@H](NC(=O)[C@H](CO)NC(=O)[C@H](CO)NC(=O)[C@H](CCCNC(N)=O)NC(=O)[C@H](CC(C)C)NC(=O)[C@H](CCCNC(N)=O)NC(=O)[C@@H](NC(=O)[C@H](C)NC(=O)[C@H](CO)NC(=O)[C@@H](N)CO)C(C)C)C(C)C)C(C)C)C(=O)N[C@@H](CCC(N)=O)C(=O)N[C@@H](CC(=O)O)C(=O)N[C@@H](CO)C(=O)N[C@H](C(=O)O)C(C)C. The molecule has 19 atom stereocenters. The van der Waals surface area contributed by atoms with Gasteiger partial charge in [0.05, 0.1) is 46.0 Å². The molecule has 38 N–H and O–H groups in total. The molecule has 844 valence electrons. The van der Waals surface area contributed by atoms with E-state index in [1.165, 1.54) is 62.3 Å². The number of carbonyl (C=O) groups excluding carboxylic acids is 23. The smallest absolute Gasteiger partial charge is 0.326 e. The zero-order valence-electron chi connectivity index (χ0n) is 86.7. The normalized spacial score (nSPS) is 15.9. The number of carboxylic acids is 2. The average molecular weight is 2130 g/mol. The molecule has 149 heavy (non-hydrogen) atoms. The summed E-state index contributed by atoms with van der Waals surface area (Å²) in [5.74, 6) is -28.8.